The number of benzene rings is 2. The van der Waals surface area contributed by atoms with Crippen LogP contribution in [0.4, 0.5) is 5.69 Å². The number of fused-ring (bicyclic) bond motifs is 2. The third kappa shape index (κ3) is 5.00. The quantitative estimate of drug-likeness (QED) is 0.493. The minimum Gasteiger partial charge on any atom is -0.497 e. The molecule has 0 saturated heterocycles. The van der Waals surface area contributed by atoms with Gasteiger partial charge in [-0.3, -0.25) is 9.78 Å². The molecular weight excluding hydrogens is 430 g/mol. The first-order valence-corrected chi connectivity index (χ1v) is 11.9. The second-order valence-electron chi connectivity index (χ2n) is 9.40. The second kappa shape index (κ2) is 9.60. The van der Waals surface area contributed by atoms with Gasteiger partial charge in [-0.15, -0.1) is 0 Å². The average Bonchev–Trinajstić information content (AvgIpc) is 2.86. The lowest BCUT2D eigenvalue weighted by molar-refractivity contribution is -0.118. The lowest BCUT2D eigenvalue weighted by atomic mass is 9.78. The number of aromatic nitrogens is 1. The summed E-state index contributed by atoms with van der Waals surface area (Å²) in [6.45, 7) is 0.790. The second-order valence-corrected chi connectivity index (χ2v) is 9.40. The Hall–Kier alpha value is -3.16. The molecule has 1 aliphatic carbocycles. The summed E-state index contributed by atoms with van der Waals surface area (Å²) in [7, 11) is 1.67. The van der Waals surface area contributed by atoms with Crippen molar-refractivity contribution in [1.29, 1.82) is 0 Å². The van der Waals surface area contributed by atoms with Crippen molar-refractivity contribution in [1.82, 2.24) is 10.3 Å². The Kier molecular flexibility index (Phi) is 6.39. The zero-order valence-electron chi connectivity index (χ0n) is 19.5. The van der Waals surface area contributed by atoms with Gasteiger partial charge >= 0.3 is 0 Å². The largest absolute Gasteiger partial charge is 0.497 e. The van der Waals surface area contributed by atoms with Crippen LogP contribution in [0.3, 0.4) is 0 Å². The Balaban J connectivity index is 1.14. The molecule has 5 rings (SSSR count). The van der Waals surface area contributed by atoms with Crippen LogP contribution < -0.4 is 20.1 Å². The number of nitrogens with zero attached hydrogens (tertiary/aromatic N) is 1. The molecule has 0 radical (unpaired) electrons. The van der Waals surface area contributed by atoms with Gasteiger partial charge < -0.3 is 25.2 Å². The highest BCUT2D eigenvalue weighted by molar-refractivity contribution is 5.95. The topological polar surface area (TPSA) is 92.7 Å². The van der Waals surface area contributed by atoms with Crippen LogP contribution in [-0.4, -0.2) is 41.4 Å². The molecule has 7 nitrogen and oxygen atoms in total. The van der Waals surface area contributed by atoms with E-state index in [4.69, 9.17) is 9.47 Å². The number of aryl methyl sites for hydroxylation is 1. The normalized spacial score (nSPS) is 22.1. The SMILES string of the molecule is COc1ccc2nccc(CC[C@]3(O)CC[C@H](NCc4ccc5c(c4)NC(=O)CO5)CC3)c2c1. The van der Waals surface area contributed by atoms with Crippen molar-refractivity contribution in [3.05, 3.63) is 59.8 Å². The van der Waals surface area contributed by atoms with E-state index in [0.29, 0.717) is 11.8 Å². The van der Waals surface area contributed by atoms with Crippen molar-refractivity contribution in [2.75, 3.05) is 19.0 Å². The Morgan fingerprint density at radius 1 is 1.21 bits per heavy atom. The maximum absolute atomic E-state index is 11.6. The maximum atomic E-state index is 11.6. The van der Waals surface area contributed by atoms with Gasteiger partial charge in [-0.05, 0) is 86.1 Å². The Morgan fingerprint density at radius 3 is 2.88 bits per heavy atom. The molecule has 178 valence electrons. The number of aliphatic hydroxyl groups is 1. The fourth-order valence-corrected chi connectivity index (χ4v) is 5.01. The van der Waals surface area contributed by atoms with Crippen molar-refractivity contribution in [2.45, 2.75) is 56.7 Å². The van der Waals surface area contributed by atoms with E-state index in [1.165, 1.54) is 5.56 Å². The molecule has 1 saturated carbocycles. The number of ether oxygens (including phenoxy) is 2. The van der Waals surface area contributed by atoms with Gasteiger partial charge in [0.15, 0.2) is 6.61 Å². The minimum absolute atomic E-state index is 0.0706. The lowest BCUT2D eigenvalue weighted by Crippen LogP contribution is -2.41. The fourth-order valence-electron chi connectivity index (χ4n) is 5.01. The number of nitrogens with one attached hydrogen (secondary N) is 2. The summed E-state index contributed by atoms with van der Waals surface area (Å²) in [5.41, 5.74) is 3.34. The predicted octanol–water partition coefficient (Wildman–Crippen LogP) is 3.97. The molecule has 2 heterocycles. The summed E-state index contributed by atoms with van der Waals surface area (Å²) in [4.78, 5) is 16.0. The molecule has 2 aliphatic rings. The summed E-state index contributed by atoms with van der Waals surface area (Å²) < 4.78 is 10.8. The zero-order valence-corrected chi connectivity index (χ0v) is 19.5. The lowest BCUT2D eigenvalue weighted by Gasteiger charge is -2.36. The minimum atomic E-state index is -0.639. The van der Waals surface area contributed by atoms with Crippen LogP contribution in [0.25, 0.3) is 10.9 Å². The molecule has 3 N–H and O–H groups in total. The molecule has 3 aromatic rings. The summed E-state index contributed by atoms with van der Waals surface area (Å²) in [6.07, 6.45) is 6.83. The van der Waals surface area contributed by atoms with Crippen LogP contribution in [0.2, 0.25) is 0 Å². The highest BCUT2D eigenvalue weighted by Gasteiger charge is 2.32. The van der Waals surface area contributed by atoms with E-state index in [1.807, 2.05) is 48.7 Å². The summed E-state index contributed by atoms with van der Waals surface area (Å²) >= 11 is 0. The van der Waals surface area contributed by atoms with Crippen molar-refractivity contribution < 1.29 is 19.4 Å². The van der Waals surface area contributed by atoms with Crippen molar-refractivity contribution in [2.24, 2.45) is 0 Å². The van der Waals surface area contributed by atoms with Crippen LogP contribution >= 0.6 is 0 Å². The molecule has 0 unspecified atom stereocenters. The predicted molar refractivity (Wildman–Crippen MR) is 131 cm³/mol. The molecule has 1 fully saturated rings. The number of hydrogen-bond donors (Lipinski definition) is 3. The zero-order chi connectivity index (χ0) is 23.5. The van der Waals surface area contributed by atoms with Gasteiger partial charge in [0.25, 0.3) is 5.91 Å². The van der Waals surface area contributed by atoms with Crippen LogP contribution in [-0.2, 0) is 17.8 Å². The van der Waals surface area contributed by atoms with Crippen molar-refractivity contribution in [3.63, 3.8) is 0 Å². The Bertz CT molecular complexity index is 1190. The van der Waals surface area contributed by atoms with Gasteiger partial charge in [0, 0.05) is 24.2 Å². The number of anilines is 1. The third-order valence-corrected chi connectivity index (χ3v) is 7.09. The van der Waals surface area contributed by atoms with Gasteiger partial charge in [0.1, 0.15) is 11.5 Å². The standard InChI is InChI=1S/C27H31N3O4/c1-33-21-3-4-23-22(15-21)19(9-13-28-23)6-10-27(32)11-7-20(8-12-27)29-16-18-2-5-25-24(14-18)30-26(31)17-34-25/h2-5,9,13-15,20,29,32H,6-8,10-12,16-17H2,1H3,(H,30,31)/t20-,27-. The van der Waals surface area contributed by atoms with Gasteiger partial charge in [0.2, 0.25) is 0 Å². The van der Waals surface area contributed by atoms with E-state index in [1.54, 1.807) is 7.11 Å². The molecule has 2 aromatic carbocycles. The molecular formula is C27H31N3O4. The molecule has 7 heteroatoms. The summed E-state index contributed by atoms with van der Waals surface area (Å²) in [6, 6.07) is 14.2. The molecule has 1 amide bonds. The third-order valence-electron chi connectivity index (χ3n) is 7.09. The molecule has 1 aliphatic heterocycles. The number of carbonyl (C=O) groups excluding carboxylic acids is 1. The van der Waals surface area contributed by atoms with E-state index >= 15 is 0 Å². The summed E-state index contributed by atoms with van der Waals surface area (Å²) in [5.74, 6) is 1.41. The number of methoxy groups -OCH3 is 1. The number of hydrogen-bond acceptors (Lipinski definition) is 6. The molecule has 0 spiro atoms. The Labute approximate surface area is 199 Å². The molecule has 1 aromatic heterocycles. The Morgan fingerprint density at radius 2 is 2.06 bits per heavy atom. The van der Waals surface area contributed by atoms with E-state index in [-0.39, 0.29) is 12.5 Å². The number of pyridine rings is 1. The first kappa shape index (κ1) is 22.6. The first-order chi connectivity index (χ1) is 16.5. The van der Waals surface area contributed by atoms with Crippen LogP contribution in [0, 0.1) is 0 Å². The van der Waals surface area contributed by atoms with Gasteiger partial charge in [-0.1, -0.05) is 6.07 Å². The fraction of sp³-hybridized carbons (Fsp3) is 0.407. The van der Waals surface area contributed by atoms with Crippen LogP contribution in [0.15, 0.2) is 48.7 Å². The average molecular weight is 462 g/mol. The summed E-state index contributed by atoms with van der Waals surface area (Å²) in [5, 5.41) is 18.8. The number of rotatable bonds is 7. The van der Waals surface area contributed by atoms with Gasteiger partial charge in [0.05, 0.1) is 23.9 Å². The van der Waals surface area contributed by atoms with E-state index in [9.17, 15) is 9.90 Å². The van der Waals surface area contributed by atoms with Crippen molar-refractivity contribution in [3.8, 4) is 11.5 Å². The van der Waals surface area contributed by atoms with Crippen molar-refractivity contribution >= 4 is 22.5 Å². The van der Waals surface area contributed by atoms with Gasteiger partial charge in [-0.25, -0.2) is 0 Å². The monoisotopic (exact) mass is 461 g/mol. The van der Waals surface area contributed by atoms with E-state index in [2.05, 4.69) is 15.6 Å². The van der Waals surface area contributed by atoms with E-state index in [0.717, 1.165) is 73.0 Å². The first-order valence-electron chi connectivity index (χ1n) is 11.9. The molecule has 34 heavy (non-hydrogen) atoms. The highest BCUT2D eigenvalue weighted by Crippen LogP contribution is 2.34. The number of carbonyl (C=O) groups is 1. The molecule has 0 bridgehead atoms. The van der Waals surface area contributed by atoms with Crippen LogP contribution in [0.1, 0.15) is 43.2 Å². The number of amides is 1. The van der Waals surface area contributed by atoms with E-state index < -0.39 is 5.60 Å². The highest BCUT2D eigenvalue weighted by atomic mass is 16.5. The van der Waals surface area contributed by atoms with Gasteiger partial charge in [-0.2, -0.15) is 0 Å². The smallest absolute Gasteiger partial charge is 0.262 e. The molecule has 0 atom stereocenters. The van der Waals surface area contributed by atoms with Crippen LogP contribution in [0.5, 0.6) is 11.5 Å². The maximum Gasteiger partial charge on any atom is 0.262 e.